The Morgan fingerprint density at radius 3 is 2.30 bits per heavy atom. The summed E-state index contributed by atoms with van der Waals surface area (Å²) in [6.45, 7) is 6.60. The van der Waals surface area contributed by atoms with E-state index in [0.29, 0.717) is 31.0 Å². The molecule has 0 radical (unpaired) electrons. The number of carbonyl (C=O) groups is 1. The van der Waals surface area contributed by atoms with E-state index in [4.69, 9.17) is 0 Å². The van der Waals surface area contributed by atoms with Gasteiger partial charge in [-0.15, -0.1) is 0 Å². The summed E-state index contributed by atoms with van der Waals surface area (Å²) in [4.78, 5) is 13.3. The van der Waals surface area contributed by atoms with Crippen molar-refractivity contribution in [1.29, 1.82) is 0 Å². The predicted octanol–water partition coefficient (Wildman–Crippen LogP) is 4.49. The quantitative estimate of drug-likeness (QED) is 0.702. The molecule has 0 aliphatic heterocycles. The molecule has 2 aromatic rings. The van der Waals surface area contributed by atoms with Gasteiger partial charge in [-0.2, -0.15) is 0 Å². The molecule has 1 amide bonds. The van der Waals surface area contributed by atoms with E-state index in [1.807, 2.05) is 31.2 Å². The normalized spacial score (nSPS) is 15.8. The molecule has 30 heavy (non-hydrogen) atoms. The Hall–Kier alpha value is -2.54. The van der Waals surface area contributed by atoms with Crippen LogP contribution in [0.1, 0.15) is 49.8 Å². The first-order valence-electron chi connectivity index (χ1n) is 10.4. The van der Waals surface area contributed by atoms with Crippen LogP contribution in [0.2, 0.25) is 0 Å². The van der Waals surface area contributed by atoms with Gasteiger partial charge in [-0.1, -0.05) is 39.0 Å². The van der Waals surface area contributed by atoms with Gasteiger partial charge < -0.3 is 10.0 Å². The lowest BCUT2D eigenvalue weighted by molar-refractivity contribution is 0.126. The average molecular weight is 431 g/mol. The van der Waals surface area contributed by atoms with Crippen molar-refractivity contribution in [3.8, 4) is 0 Å². The number of fused-ring (bicyclic) bond motifs is 1. The summed E-state index contributed by atoms with van der Waals surface area (Å²) in [5.41, 5.74) is 3.77. The number of rotatable bonds is 7. The number of hydrogen-bond acceptors (Lipinski definition) is 3. The van der Waals surface area contributed by atoms with E-state index in [0.717, 1.165) is 23.1 Å². The molecule has 2 aromatic carbocycles. The molecule has 0 saturated carbocycles. The molecular formula is C23H30N2O4S. The summed E-state index contributed by atoms with van der Waals surface area (Å²) in [5, 5.41) is 9.51. The summed E-state index contributed by atoms with van der Waals surface area (Å²) in [7, 11) is -2.12. The Balaban J connectivity index is 1.83. The summed E-state index contributed by atoms with van der Waals surface area (Å²) in [6.07, 6.45) is 1.13. The highest BCUT2D eigenvalue weighted by atomic mass is 32.2. The maximum absolute atomic E-state index is 13.1. The predicted molar refractivity (Wildman–Crippen MR) is 119 cm³/mol. The Morgan fingerprint density at radius 1 is 1.10 bits per heavy atom. The minimum Gasteiger partial charge on any atom is -0.465 e. The number of benzene rings is 2. The van der Waals surface area contributed by atoms with Gasteiger partial charge in [0.05, 0.1) is 10.6 Å². The fourth-order valence-electron chi connectivity index (χ4n) is 3.99. The van der Waals surface area contributed by atoms with Crippen molar-refractivity contribution >= 4 is 21.8 Å². The van der Waals surface area contributed by atoms with E-state index in [9.17, 15) is 18.3 Å². The molecule has 6 nitrogen and oxygen atoms in total. The van der Waals surface area contributed by atoms with Crippen LogP contribution in [0.5, 0.6) is 0 Å². The number of anilines is 1. The van der Waals surface area contributed by atoms with Gasteiger partial charge in [-0.3, -0.25) is 4.31 Å². The van der Waals surface area contributed by atoms with Gasteiger partial charge >= 0.3 is 6.09 Å². The van der Waals surface area contributed by atoms with Crippen molar-refractivity contribution < 1.29 is 18.3 Å². The highest BCUT2D eigenvalue weighted by Gasteiger charge is 2.30. The number of carboxylic acid groups (broad SMARTS) is 1. The largest absolute Gasteiger partial charge is 0.465 e. The van der Waals surface area contributed by atoms with Crippen molar-refractivity contribution in [2.75, 3.05) is 17.9 Å². The molecule has 1 atom stereocenters. The van der Waals surface area contributed by atoms with Crippen molar-refractivity contribution in [2.24, 2.45) is 0 Å². The smallest absolute Gasteiger partial charge is 0.407 e. The van der Waals surface area contributed by atoms with Gasteiger partial charge in [0.1, 0.15) is 0 Å². The molecule has 0 spiro atoms. The lowest BCUT2D eigenvalue weighted by atomic mass is 10.0. The lowest BCUT2D eigenvalue weighted by Crippen LogP contribution is -2.40. The zero-order valence-electron chi connectivity index (χ0n) is 18.0. The standard InChI is InChI=1S/C23H30N2O4S/c1-5-12-25(23(26)27)21-13-18-6-9-20(14-19(18)15-21)24(4)30(28,29)22-10-7-17(8-11-22)16(2)3/h6-11,14,16,21H,5,12-13,15H2,1-4H3,(H,26,27)/t21-/m0/s1. The van der Waals surface area contributed by atoms with Crippen LogP contribution in [-0.4, -0.2) is 44.2 Å². The molecule has 0 bridgehead atoms. The van der Waals surface area contributed by atoms with Gasteiger partial charge in [0.2, 0.25) is 0 Å². The third kappa shape index (κ3) is 4.31. The van der Waals surface area contributed by atoms with Crippen molar-refractivity contribution in [2.45, 2.75) is 56.9 Å². The minimum atomic E-state index is -3.68. The van der Waals surface area contributed by atoms with Gasteiger partial charge in [0, 0.05) is 19.6 Å². The fraction of sp³-hybridized carbons (Fsp3) is 0.435. The third-order valence-electron chi connectivity index (χ3n) is 5.82. The number of sulfonamides is 1. The van der Waals surface area contributed by atoms with Crippen LogP contribution < -0.4 is 4.31 Å². The fourth-order valence-corrected chi connectivity index (χ4v) is 5.18. The molecule has 0 heterocycles. The molecule has 7 heteroatoms. The van der Waals surface area contributed by atoms with Crippen LogP contribution in [0, 0.1) is 0 Å². The third-order valence-corrected chi connectivity index (χ3v) is 7.62. The maximum atomic E-state index is 13.1. The van der Waals surface area contributed by atoms with Crippen molar-refractivity contribution in [1.82, 2.24) is 4.90 Å². The van der Waals surface area contributed by atoms with E-state index < -0.39 is 16.1 Å². The van der Waals surface area contributed by atoms with E-state index in [2.05, 4.69) is 13.8 Å². The molecule has 162 valence electrons. The summed E-state index contributed by atoms with van der Waals surface area (Å²) in [5.74, 6) is 0.335. The van der Waals surface area contributed by atoms with Gasteiger partial charge in [-0.05, 0) is 66.1 Å². The molecule has 0 saturated heterocycles. The summed E-state index contributed by atoms with van der Waals surface area (Å²) in [6, 6.07) is 12.5. The molecule has 0 fully saturated rings. The molecule has 0 aromatic heterocycles. The van der Waals surface area contributed by atoms with E-state index in [1.54, 1.807) is 25.2 Å². The zero-order chi connectivity index (χ0) is 22.1. The Bertz CT molecular complexity index is 1020. The van der Waals surface area contributed by atoms with E-state index in [1.165, 1.54) is 9.21 Å². The minimum absolute atomic E-state index is 0.0989. The van der Waals surface area contributed by atoms with Crippen LogP contribution in [0.4, 0.5) is 10.5 Å². The first-order chi connectivity index (χ1) is 14.1. The summed E-state index contributed by atoms with van der Waals surface area (Å²) < 4.78 is 27.5. The maximum Gasteiger partial charge on any atom is 0.407 e. The molecule has 1 aliphatic rings. The van der Waals surface area contributed by atoms with Gasteiger partial charge in [0.25, 0.3) is 10.0 Å². The first kappa shape index (κ1) is 22.2. The molecule has 0 unspecified atom stereocenters. The lowest BCUT2D eigenvalue weighted by Gasteiger charge is -2.25. The topological polar surface area (TPSA) is 77.9 Å². The zero-order valence-corrected chi connectivity index (χ0v) is 18.8. The highest BCUT2D eigenvalue weighted by Crippen LogP contribution is 2.31. The van der Waals surface area contributed by atoms with Crippen LogP contribution in [-0.2, 0) is 22.9 Å². The molecule has 1 N–H and O–H groups in total. The van der Waals surface area contributed by atoms with Crippen molar-refractivity contribution in [3.05, 3.63) is 59.2 Å². The van der Waals surface area contributed by atoms with Crippen LogP contribution in [0.15, 0.2) is 47.4 Å². The molecular weight excluding hydrogens is 400 g/mol. The monoisotopic (exact) mass is 430 g/mol. The van der Waals surface area contributed by atoms with Crippen LogP contribution in [0.3, 0.4) is 0 Å². The van der Waals surface area contributed by atoms with Crippen molar-refractivity contribution in [3.63, 3.8) is 0 Å². The average Bonchev–Trinajstić information content (AvgIpc) is 3.13. The number of amides is 1. The SMILES string of the molecule is CCCN(C(=O)O)[C@H]1Cc2ccc(N(C)S(=O)(=O)c3ccc(C(C)C)cc3)cc2C1. The second-order valence-electron chi connectivity index (χ2n) is 8.19. The Labute approximate surface area is 179 Å². The van der Waals surface area contributed by atoms with Gasteiger partial charge in [0.15, 0.2) is 0 Å². The van der Waals surface area contributed by atoms with Crippen LogP contribution in [0.25, 0.3) is 0 Å². The Morgan fingerprint density at radius 2 is 1.73 bits per heavy atom. The van der Waals surface area contributed by atoms with Crippen LogP contribution >= 0.6 is 0 Å². The second-order valence-corrected chi connectivity index (χ2v) is 10.2. The highest BCUT2D eigenvalue weighted by molar-refractivity contribution is 7.92. The Kier molecular flexibility index (Phi) is 6.41. The summed E-state index contributed by atoms with van der Waals surface area (Å²) >= 11 is 0. The first-order valence-corrected chi connectivity index (χ1v) is 11.8. The van der Waals surface area contributed by atoms with E-state index in [-0.39, 0.29) is 10.9 Å². The van der Waals surface area contributed by atoms with Gasteiger partial charge in [-0.25, -0.2) is 13.2 Å². The molecule has 3 rings (SSSR count). The van der Waals surface area contributed by atoms with E-state index >= 15 is 0 Å². The number of nitrogens with zero attached hydrogens (tertiary/aromatic N) is 2. The second kappa shape index (κ2) is 8.68. The molecule has 1 aliphatic carbocycles. The number of hydrogen-bond donors (Lipinski definition) is 1.